The molecule has 0 aromatic heterocycles. The fourth-order valence-corrected chi connectivity index (χ4v) is 15.2. The number of hydrogen-bond donors (Lipinski definition) is 0. The van der Waals surface area contributed by atoms with Gasteiger partial charge in [0.05, 0.1) is 8.66 Å². The van der Waals surface area contributed by atoms with Crippen LogP contribution in [-0.4, -0.2) is 31.7 Å². The summed E-state index contributed by atoms with van der Waals surface area (Å²) in [5.74, 6) is 10.7. The predicted molar refractivity (Wildman–Crippen MR) is 136 cm³/mol. The molecule has 0 unspecified atom stereocenters. The Balaban J connectivity index is 1.21. The van der Waals surface area contributed by atoms with E-state index in [-0.39, 0.29) is 0 Å². The molecule has 0 aromatic carbocycles. The van der Waals surface area contributed by atoms with Crippen LogP contribution in [0.5, 0.6) is 0 Å². The molecule has 3 saturated carbocycles. The second-order valence-electron chi connectivity index (χ2n) is 10.9. The topological polar surface area (TPSA) is 0 Å². The molecule has 5 fully saturated rings. The van der Waals surface area contributed by atoms with Gasteiger partial charge in [0.25, 0.3) is 0 Å². The molecule has 0 nitrogen and oxygen atoms in total. The van der Waals surface area contributed by atoms with Gasteiger partial charge < -0.3 is 0 Å². The van der Waals surface area contributed by atoms with Crippen molar-refractivity contribution in [2.75, 3.05) is 23.0 Å². The number of thioether (sulfide) groups is 4. The van der Waals surface area contributed by atoms with Gasteiger partial charge in [0, 0.05) is 0 Å². The Hall–Kier alpha value is 1.14. The lowest BCUT2D eigenvalue weighted by Gasteiger charge is -2.56. The first-order valence-corrected chi connectivity index (χ1v) is 16.5. The monoisotopic (exact) mass is 466 g/mol. The molecule has 0 N–H and O–H groups in total. The highest BCUT2D eigenvalue weighted by Crippen LogP contribution is 2.67. The first-order valence-electron chi connectivity index (χ1n) is 12.4. The summed E-state index contributed by atoms with van der Waals surface area (Å²) in [7, 11) is 0. The van der Waals surface area contributed by atoms with Gasteiger partial charge in [-0.25, -0.2) is 0 Å². The van der Waals surface area contributed by atoms with Gasteiger partial charge in [-0.2, -0.15) is 0 Å². The summed E-state index contributed by atoms with van der Waals surface area (Å²) in [5.41, 5.74) is 2.57. The van der Waals surface area contributed by atoms with Crippen LogP contribution < -0.4 is 0 Å². The molecule has 6 atom stereocenters. The van der Waals surface area contributed by atoms with E-state index in [2.05, 4.69) is 60.0 Å². The van der Waals surface area contributed by atoms with Gasteiger partial charge in [0.2, 0.25) is 0 Å². The SMILES string of the molecule is C[C@]12CC[C@H]3[C@@H](CCC4=CC5(CC[C@@H]43)SCCCS5)[C@@H]1CC[C@@H]2C1SCCCS1. The highest BCUT2D eigenvalue weighted by atomic mass is 32.2. The molecular weight excluding hydrogens is 429 g/mol. The standard InChI is InChI=1S/C25H38S4/c1-24-10-8-19-18-9-11-25(28-14-3-15-29-25)16-17(18)4-5-20(19)21(24)6-7-22(24)23-26-12-2-13-27-23/h16,18-23H,2-15H2,1H3/t18-,19+,20+,21-,22+,24-/m0/s1. The first-order chi connectivity index (χ1) is 14.2. The second kappa shape index (κ2) is 8.17. The Bertz CT molecular complexity index is 647. The zero-order valence-electron chi connectivity index (χ0n) is 18.1. The molecule has 29 heavy (non-hydrogen) atoms. The summed E-state index contributed by atoms with van der Waals surface area (Å²) in [5, 5.41) is 0. The first kappa shape index (κ1) is 20.7. The third-order valence-corrected chi connectivity index (χ3v) is 16.2. The molecule has 0 bridgehead atoms. The van der Waals surface area contributed by atoms with Crippen LogP contribution in [0.2, 0.25) is 0 Å². The lowest BCUT2D eigenvalue weighted by atomic mass is 9.51. The van der Waals surface area contributed by atoms with E-state index < -0.39 is 0 Å². The van der Waals surface area contributed by atoms with Gasteiger partial charge in [0.1, 0.15) is 0 Å². The van der Waals surface area contributed by atoms with E-state index in [1.54, 1.807) is 25.7 Å². The highest BCUT2D eigenvalue weighted by Gasteiger charge is 2.58. The minimum absolute atomic E-state index is 0.480. The quantitative estimate of drug-likeness (QED) is 0.359. The third kappa shape index (κ3) is 3.52. The summed E-state index contributed by atoms with van der Waals surface area (Å²) in [4.78, 5) is 0. The Morgan fingerprint density at radius 1 is 0.793 bits per heavy atom. The van der Waals surface area contributed by atoms with E-state index in [0.29, 0.717) is 9.49 Å². The van der Waals surface area contributed by atoms with Crippen LogP contribution >= 0.6 is 47.0 Å². The van der Waals surface area contributed by atoms with Crippen molar-refractivity contribution < 1.29 is 0 Å². The zero-order chi connectivity index (χ0) is 19.5. The lowest BCUT2D eigenvalue weighted by Crippen LogP contribution is -2.48. The molecule has 2 aliphatic heterocycles. The number of allylic oxidation sites excluding steroid dienone is 1. The summed E-state index contributed by atoms with van der Waals surface area (Å²) in [6, 6.07) is 0. The molecule has 1 spiro atoms. The van der Waals surface area contributed by atoms with Crippen LogP contribution in [0.1, 0.15) is 71.1 Å². The number of rotatable bonds is 1. The van der Waals surface area contributed by atoms with Crippen LogP contribution in [0.25, 0.3) is 0 Å². The van der Waals surface area contributed by atoms with E-state index in [1.807, 2.05) is 5.57 Å². The zero-order valence-corrected chi connectivity index (χ0v) is 21.3. The van der Waals surface area contributed by atoms with Crippen LogP contribution in [0.15, 0.2) is 11.6 Å². The molecular formula is C25H38S4. The van der Waals surface area contributed by atoms with Gasteiger partial charge in [-0.05, 0) is 122 Å². The minimum Gasteiger partial charge on any atom is -0.147 e. The molecule has 2 heterocycles. The van der Waals surface area contributed by atoms with Crippen LogP contribution in [0.3, 0.4) is 0 Å². The van der Waals surface area contributed by atoms with Crippen molar-refractivity contribution in [1.29, 1.82) is 0 Å². The molecule has 2 saturated heterocycles. The molecule has 0 aromatic rings. The largest absolute Gasteiger partial charge is 0.147 e. The van der Waals surface area contributed by atoms with Crippen LogP contribution in [0, 0.1) is 35.0 Å². The van der Waals surface area contributed by atoms with E-state index in [0.717, 1.165) is 34.2 Å². The van der Waals surface area contributed by atoms with Crippen molar-refractivity contribution >= 4 is 47.0 Å². The van der Waals surface area contributed by atoms with Crippen molar-refractivity contribution in [3.63, 3.8) is 0 Å². The lowest BCUT2D eigenvalue weighted by molar-refractivity contribution is -0.0187. The maximum absolute atomic E-state index is 2.83. The maximum atomic E-state index is 2.83. The number of hydrogen-bond acceptors (Lipinski definition) is 4. The Kier molecular flexibility index (Phi) is 5.84. The van der Waals surface area contributed by atoms with E-state index >= 15 is 0 Å². The van der Waals surface area contributed by atoms with Gasteiger partial charge in [-0.1, -0.05) is 18.6 Å². The third-order valence-electron chi connectivity index (χ3n) is 9.70. The van der Waals surface area contributed by atoms with Gasteiger partial charge >= 0.3 is 0 Å². The Labute approximate surface area is 195 Å². The van der Waals surface area contributed by atoms with Gasteiger partial charge in [-0.15, -0.1) is 47.0 Å². The van der Waals surface area contributed by atoms with Crippen molar-refractivity contribution in [2.24, 2.45) is 35.0 Å². The average Bonchev–Trinajstić information content (AvgIpc) is 3.12. The fraction of sp³-hybridized carbons (Fsp3) is 0.920. The smallest absolute Gasteiger partial charge is 0.0794 e. The minimum atomic E-state index is 0.480. The molecule has 162 valence electrons. The van der Waals surface area contributed by atoms with Crippen LogP contribution in [-0.2, 0) is 0 Å². The molecule has 4 heteroatoms. The average molecular weight is 467 g/mol. The van der Waals surface area contributed by atoms with E-state index in [4.69, 9.17) is 0 Å². The summed E-state index contributed by atoms with van der Waals surface area (Å²) >= 11 is 9.22. The van der Waals surface area contributed by atoms with E-state index in [9.17, 15) is 0 Å². The summed E-state index contributed by atoms with van der Waals surface area (Å²) in [6.07, 6.45) is 17.8. The van der Waals surface area contributed by atoms with Gasteiger partial charge in [0.15, 0.2) is 0 Å². The van der Waals surface area contributed by atoms with Gasteiger partial charge in [-0.3, -0.25) is 0 Å². The van der Waals surface area contributed by atoms with Crippen molar-refractivity contribution in [2.45, 2.75) is 79.8 Å². The molecule has 6 rings (SSSR count). The summed E-state index contributed by atoms with van der Waals surface area (Å²) < 4.78 is 1.40. The van der Waals surface area contributed by atoms with E-state index in [1.165, 1.54) is 61.5 Å². The highest BCUT2D eigenvalue weighted by molar-refractivity contribution is 8.19. The predicted octanol–water partition coefficient (Wildman–Crippen LogP) is 7.94. The van der Waals surface area contributed by atoms with Crippen molar-refractivity contribution in [1.82, 2.24) is 0 Å². The second-order valence-corrected chi connectivity index (χ2v) is 16.8. The van der Waals surface area contributed by atoms with Crippen molar-refractivity contribution in [3.05, 3.63) is 11.6 Å². The fourth-order valence-electron chi connectivity index (χ4n) is 8.36. The maximum Gasteiger partial charge on any atom is 0.0794 e. The normalized spacial score (nSPS) is 47.2. The van der Waals surface area contributed by atoms with Crippen LogP contribution in [0.4, 0.5) is 0 Å². The molecule has 0 radical (unpaired) electrons. The molecule has 6 aliphatic rings. The Morgan fingerprint density at radius 3 is 2.38 bits per heavy atom. The van der Waals surface area contributed by atoms with Crippen molar-refractivity contribution in [3.8, 4) is 0 Å². The molecule has 0 amide bonds. The number of fused-ring (bicyclic) bond motifs is 5. The Morgan fingerprint density at radius 2 is 1.55 bits per heavy atom. The molecule has 4 aliphatic carbocycles. The summed E-state index contributed by atoms with van der Waals surface area (Å²) in [6.45, 7) is 2.75.